The summed E-state index contributed by atoms with van der Waals surface area (Å²) in [6.07, 6.45) is 1.06. The number of sulfone groups is 1. The number of ether oxygens (including phenoxy) is 1. The molecule has 5 rings (SSSR count). The second-order valence-electron chi connectivity index (χ2n) is 9.14. The lowest BCUT2D eigenvalue weighted by Gasteiger charge is -2.09. The van der Waals surface area contributed by atoms with Gasteiger partial charge in [0.25, 0.3) is 5.91 Å². The monoisotopic (exact) mass is 589 g/mol. The fourth-order valence-electron chi connectivity index (χ4n) is 4.25. The van der Waals surface area contributed by atoms with Gasteiger partial charge < -0.3 is 14.5 Å². The van der Waals surface area contributed by atoms with Crippen molar-refractivity contribution in [3.8, 4) is 5.75 Å². The number of amides is 1. The number of anilines is 1. The molecule has 0 bridgehead atoms. The van der Waals surface area contributed by atoms with Gasteiger partial charge >= 0.3 is 0 Å². The Kier molecular flexibility index (Phi) is 7.87. The highest BCUT2D eigenvalue weighted by molar-refractivity contribution is 7.90. The molecule has 1 amide bonds. The van der Waals surface area contributed by atoms with E-state index in [1.165, 1.54) is 0 Å². The molecule has 0 spiro atoms. The zero-order valence-electron chi connectivity index (χ0n) is 22.0. The summed E-state index contributed by atoms with van der Waals surface area (Å²) < 4.78 is 37.5. The summed E-state index contributed by atoms with van der Waals surface area (Å²) in [7, 11) is -4.01. The average molecular weight is 590 g/mol. The number of benzene rings is 3. The third kappa shape index (κ3) is 5.98. The molecule has 3 aromatic carbocycles. The van der Waals surface area contributed by atoms with Crippen molar-refractivity contribution in [3.05, 3.63) is 112 Å². The molecular weight excluding hydrogens is 566 g/mol. The lowest BCUT2D eigenvalue weighted by Crippen LogP contribution is -2.19. The first-order valence-electron chi connectivity index (χ1n) is 12.6. The average Bonchev–Trinajstić information content (AvgIpc) is 3.31. The molecule has 5 aromatic rings. The molecule has 0 saturated carbocycles. The smallest absolute Gasteiger partial charge is 0.276 e. The summed E-state index contributed by atoms with van der Waals surface area (Å²) in [5, 5.41) is 2.42. The summed E-state index contributed by atoms with van der Waals surface area (Å²) in [5.74, 6) is -1.17. The highest BCUT2D eigenvalue weighted by Crippen LogP contribution is 2.33. The van der Waals surface area contributed by atoms with Gasteiger partial charge in [-0.05, 0) is 55.8 Å². The molecule has 41 heavy (non-hydrogen) atoms. The maximum absolute atomic E-state index is 13.5. The van der Waals surface area contributed by atoms with Crippen molar-refractivity contribution >= 4 is 49.8 Å². The van der Waals surface area contributed by atoms with E-state index in [0.717, 1.165) is 11.8 Å². The molecule has 11 heteroatoms. The van der Waals surface area contributed by atoms with Gasteiger partial charge in [-0.15, -0.1) is 0 Å². The molecule has 0 atom stereocenters. The van der Waals surface area contributed by atoms with Crippen LogP contribution in [0, 0.1) is 6.92 Å². The van der Waals surface area contributed by atoms with Crippen LogP contribution in [0.2, 0.25) is 5.02 Å². The number of carbonyl (C=O) groups is 2. The number of para-hydroxylation sites is 1. The van der Waals surface area contributed by atoms with E-state index in [0.29, 0.717) is 34.5 Å². The predicted molar refractivity (Wildman–Crippen MR) is 154 cm³/mol. The highest BCUT2D eigenvalue weighted by atomic mass is 35.5. The third-order valence-electron chi connectivity index (χ3n) is 6.12. The van der Waals surface area contributed by atoms with Gasteiger partial charge in [-0.25, -0.2) is 18.4 Å². The number of fused-ring (bicyclic) bond motifs is 1. The molecule has 0 aliphatic carbocycles. The Morgan fingerprint density at radius 2 is 1.78 bits per heavy atom. The molecule has 9 nitrogen and oxygen atoms in total. The van der Waals surface area contributed by atoms with E-state index in [1.54, 1.807) is 66.7 Å². The van der Waals surface area contributed by atoms with Crippen molar-refractivity contribution in [1.82, 2.24) is 9.97 Å². The number of nitrogens with zero attached hydrogens (tertiary/aromatic N) is 2. The molecule has 0 radical (unpaired) electrons. The molecule has 0 saturated heterocycles. The van der Waals surface area contributed by atoms with Crippen molar-refractivity contribution in [2.75, 3.05) is 11.9 Å². The summed E-state index contributed by atoms with van der Waals surface area (Å²) in [4.78, 5) is 34.8. The lowest BCUT2D eigenvalue weighted by molar-refractivity contribution is 0.101. The molecule has 0 aliphatic rings. The Labute approximate surface area is 241 Å². The van der Waals surface area contributed by atoms with Crippen LogP contribution in [0.5, 0.6) is 5.75 Å². The van der Waals surface area contributed by atoms with Crippen LogP contribution in [0.3, 0.4) is 0 Å². The first kappa shape index (κ1) is 28.0. The van der Waals surface area contributed by atoms with Crippen LogP contribution in [0.4, 0.5) is 5.69 Å². The summed E-state index contributed by atoms with van der Waals surface area (Å²) in [6, 6.07) is 20.4. The van der Waals surface area contributed by atoms with E-state index in [1.807, 2.05) is 19.9 Å². The minimum atomic E-state index is -4.01. The minimum Gasteiger partial charge on any atom is -0.494 e. The van der Waals surface area contributed by atoms with Gasteiger partial charge in [0.1, 0.15) is 11.3 Å². The number of aromatic nitrogens is 2. The SMILES string of the molecule is CCOc1ccc(C(=O)c2oc3ccccc3c2NC(=O)c2nc(S(=O)(=O)Cc3cccc(C)c3)ncc2Cl)cc1. The third-order valence-corrected chi connectivity index (χ3v) is 7.87. The number of rotatable bonds is 9. The fraction of sp³-hybridized carbons (Fsp3) is 0.133. The van der Waals surface area contributed by atoms with E-state index >= 15 is 0 Å². The fourth-order valence-corrected chi connectivity index (χ4v) is 5.62. The number of carbonyl (C=O) groups excluding carboxylic acids is 2. The molecule has 208 valence electrons. The Bertz CT molecular complexity index is 1880. The maximum atomic E-state index is 13.5. The topological polar surface area (TPSA) is 128 Å². The quantitative estimate of drug-likeness (QED) is 0.163. The van der Waals surface area contributed by atoms with Crippen molar-refractivity contribution in [1.29, 1.82) is 0 Å². The number of ketones is 1. The largest absolute Gasteiger partial charge is 0.494 e. The minimum absolute atomic E-state index is 0.100. The summed E-state index contributed by atoms with van der Waals surface area (Å²) in [6.45, 7) is 4.19. The van der Waals surface area contributed by atoms with Crippen LogP contribution in [0.25, 0.3) is 11.0 Å². The summed E-state index contributed by atoms with van der Waals surface area (Å²) >= 11 is 6.24. The van der Waals surface area contributed by atoms with Crippen molar-refractivity contribution < 1.29 is 27.2 Å². The molecule has 2 aromatic heterocycles. The molecule has 0 unspecified atom stereocenters. The van der Waals surface area contributed by atoms with Gasteiger partial charge in [-0.1, -0.05) is 53.6 Å². The van der Waals surface area contributed by atoms with Crippen molar-refractivity contribution in [3.63, 3.8) is 0 Å². The molecule has 2 heterocycles. The van der Waals surface area contributed by atoms with Crippen LogP contribution in [0.1, 0.15) is 44.7 Å². The molecule has 0 aliphatic heterocycles. The van der Waals surface area contributed by atoms with Gasteiger partial charge in [-0.3, -0.25) is 9.59 Å². The molecule has 1 N–H and O–H groups in total. The van der Waals surface area contributed by atoms with Crippen LogP contribution >= 0.6 is 11.6 Å². The Morgan fingerprint density at radius 1 is 1.02 bits per heavy atom. The second-order valence-corrected chi connectivity index (χ2v) is 11.4. The molecule has 0 fully saturated rings. The Balaban J connectivity index is 1.48. The summed E-state index contributed by atoms with van der Waals surface area (Å²) in [5.41, 5.74) is 1.87. The van der Waals surface area contributed by atoms with Gasteiger partial charge in [-0.2, -0.15) is 0 Å². The number of halogens is 1. The van der Waals surface area contributed by atoms with Gasteiger partial charge in [0.05, 0.1) is 29.3 Å². The number of hydrogen-bond acceptors (Lipinski definition) is 8. The van der Waals surface area contributed by atoms with Crippen LogP contribution < -0.4 is 10.1 Å². The Hall–Kier alpha value is -4.54. The molecular formula is C30H24ClN3O6S. The Morgan fingerprint density at radius 3 is 2.51 bits per heavy atom. The van der Waals surface area contributed by atoms with Gasteiger partial charge in [0.2, 0.25) is 20.8 Å². The number of hydrogen-bond donors (Lipinski definition) is 1. The number of aryl methyl sites for hydroxylation is 1. The number of nitrogens with one attached hydrogen (secondary N) is 1. The van der Waals surface area contributed by atoms with Crippen LogP contribution in [-0.2, 0) is 15.6 Å². The first-order chi connectivity index (χ1) is 19.7. The first-order valence-corrected chi connectivity index (χ1v) is 14.6. The van der Waals surface area contributed by atoms with Gasteiger partial charge in [0, 0.05) is 10.9 Å². The maximum Gasteiger partial charge on any atom is 0.276 e. The van der Waals surface area contributed by atoms with Crippen molar-refractivity contribution in [2.45, 2.75) is 24.8 Å². The predicted octanol–water partition coefficient (Wildman–Crippen LogP) is 6.04. The zero-order chi connectivity index (χ0) is 29.1. The van der Waals surface area contributed by atoms with E-state index in [4.69, 9.17) is 20.8 Å². The van der Waals surface area contributed by atoms with E-state index in [2.05, 4.69) is 15.3 Å². The lowest BCUT2D eigenvalue weighted by atomic mass is 10.1. The van der Waals surface area contributed by atoms with E-state index in [-0.39, 0.29) is 27.9 Å². The van der Waals surface area contributed by atoms with Gasteiger partial charge in [0.15, 0.2) is 11.5 Å². The zero-order valence-corrected chi connectivity index (χ0v) is 23.6. The second kappa shape index (κ2) is 11.5. The van der Waals surface area contributed by atoms with E-state index in [9.17, 15) is 18.0 Å². The standard InChI is InChI=1S/C30H24ClN3O6S/c1-3-39-21-13-11-20(12-14-21)27(35)28-25(22-9-4-5-10-24(22)40-28)33-29(36)26-23(31)16-32-30(34-26)41(37,38)17-19-8-6-7-18(2)15-19/h4-16H,3,17H2,1-2H3,(H,33,36). The van der Waals surface area contributed by atoms with Crippen LogP contribution in [-0.4, -0.2) is 36.7 Å². The van der Waals surface area contributed by atoms with E-state index < -0.39 is 26.7 Å². The highest BCUT2D eigenvalue weighted by Gasteiger charge is 2.27. The van der Waals surface area contributed by atoms with Crippen molar-refractivity contribution in [2.24, 2.45) is 0 Å². The van der Waals surface area contributed by atoms with Crippen LogP contribution in [0.15, 0.2) is 88.6 Å². The normalized spacial score (nSPS) is 11.4. The number of furan rings is 1.